The van der Waals surface area contributed by atoms with Crippen LogP contribution in [0.25, 0.3) is 0 Å². The highest BCUT2D eigenvalue weighted by molar-refractivity contribution is 7.56. The summed E-state index contributed by atoms with van der Waals surface area (Å²) in [5.74, 6) is 0.0752. The first-order valence-corrected chi connectivity index (χ1v) is 9.56. The predicted octanol–water partition coefficient (Wildman–Crippen LogP) is 3.70. The molecule has 0 aliphatic heterocycles. The summed E-state index contributed by atoms with van der Waals surface area (Å²) in [5, 5.41) is 0. The van der Waals surface area contributed by atoms with E-state index in [0.29, 0.717) is 0 Å². The van der Waals surface area contributed by atoms with Crippen LogP contribution >= 0.6 is 7.59 Å². The van der Waals surface area contributed by atoms with Crippen molar-refractivity contribution in [1.82, 2.24) is 14.0 Å². The molecule has 136 valence electrons. The number of hydrogen-bond acceptors (Lipinski definition) is 2. The van der Waals surface area contributed by atoms with Gasteiger partial charge in [-0.05, 0) is 42.3 Å². The number of rotatable bonds is 5. The van der Waals surface area contributed by atoms with Gasteiger partial charge in [-0.3, -0.25) is 9.36 Å². The Hall–Kier alpha value is -1.78. The minimum absolute atomic E-state index is 0.0752. The summed E-state index contributed by atoms with van der Waals surface area (Å²) in [6.07, 6.45) is 0. The highest BCUT2D eigenvalue weighted by Crippen LogP contribution is 2.50. The molecule has 0 unspecified atom stereocenters. The summed E-state index contributed by atoms with van der Waals surface area (Å²) < 4.78 is 17.3. The van der Waals surface area contributed by atoms with Gasteiger partial charge in [0.1, 0.15) is 0 Å². The number of benzene rings is 2. The fourth-order valence-electron chi connectivity index (χ4n) is 2.42. The maximum atomic E-state index is 12.1. The van der Waals surface area contributed by atoms with Crippen LogP contribution < -0.4 is 0 Å². The lowest BCUT2D eigenvalue weighted by atomic mass is 10.0. The second kappa shape index (κ2) is 9.64. The van der Waals surface area contributed by atoms with Gasteiger partial charge in [0.25, 0.3) is 7.59 Å². The Balaban J connectivity index is 0.000000260. The molecule has 0 aliphatic rings. The van der Waals surface area contributed by atoms with Crippen molar-refractivity contribution in [2.24, 2.45) is 0 Å². The summed E-state index contributed by atoms with van der Waals surface area (Å²) in [6, 6.07) is 18.6. The second-order valence-corrected chi connectivity index (χ2v) is 9.54. The molecule has 0 N–H and O–H groups in total. The van der Waals surface area contributed by atoms with E-state index in [1.54, 1.807) is 14.0 Å². The van der Waals surface area contributed by atoms with Crippen LogP contribution in [-0.2, 0) is 4.57 Å². The Morgan fingerprint density at radius 2 is 0.920 bits per heavy atom. The largest absolute Gasteiger partial charge is 0.289 e. The van der Waals surface area contributed by atoms with Crippen LogP contribution in [0.2, 0.25) is 0 Å². The quantitative estimate of drug-likeness (QED) is 0.600. The minimum atomic E-state index is -2.44. The Labute approximate surface area is 151 Å². The molecular weight excluding hydrogens is 333 g/mol. The van der Waals surface area contributed by atoms with E-state index >= 15 is 0 Å². The molecule has 0 spiro atoms. The molecule has 0 aliphatic carbocycles. The van der Waals surface area contributed by atoms with Crippen molar-refractivity contribution in [2.75, 3.05) is 42.3 Å². The number of nitrogens with zero attached hydrogens (tertiary/aromatic N) is 3. The minimum Gasteiger partial charge on any atom is -0.289 e. The average Bonchev–Trinajstić information content (AvgIpc) is 2.61. The van der Waals surface area contributed by atoms with E-state index in [4.69, 9.17) is 0 Å². The van der Waals surface area contributed by atoms with Crippen molar-refractivity contribution in [3.05, 3.63) is 71.8 Å². The molecule has 5 nitrogen and oxygen atoms in total. The molecule has 0 aromatic heterocycles. The molecular formula is C19H28N3O2P. The molecule has 0 saturated carbocycles. The van der Waals surface area contributed by atoms with E-state index < -0.39 is 7.59 Å². The maximum Gasteiger partial charge on any atom is 0.285 e. The Kier molecular flexibility index (Phi) is 8.20. The standard InChI is InChI=1S/C13H10O.C6H18N3OP/c14-13(11-7-3-1-4-8-11)12-9-5-2-6-10-12;1-7(2)11(10,8(3)4)9(5)6/h1-10H;1-6H3. The molecule has 2 aromatic rings. The van der Waals surface area contributed by atoms with Gasteiger partial charge in [0.15, 0.2) is 5.78 Å². The third-order valence-electron chi connectivity index (χ3n) is 3.64. The molecule has 6 heteroatoms. The van der Waals surface area contributed by atoms with Crippen LogP contribution in [0.4, 0.5) is 0 Å². The first-order chi connectivity index (χ1) is 11.7. The molecule has 25 heavy (non-hydrogen) atoms. The summed E-state index contributed by atoms with van der Waals surface area (Å²) in [4.78, 5) is 11.8. The molecule has 2 rings (SSSR count). The first-order valence-electron chi connectivity index (χ1n) is 7.99. The highest BCUT2D eigenvalue weighted by Gasteiger charge is 2.30. The molecule has 0 fully saturated rings. The summed E-state index contributed by atoms with van der Waals surface area (Å²) >= 11 is 0. The van der Waals surface area contributed by atoms with Gasteiger partial charge in [0.05, 0.1) is 0 Å². The summed E-state index contributed by atoms with van der Waals surface area (Å²) in [7, 11) is 8.49. The van der Waals surface area contributed by atoms with Crippen LogP contribution in [0.15, 0.2) is 60.7 Å². The van der Waals surface area contributed by atoms with Crippen LogP contribution in [0.1, 0.15) is 15.9 Å². The normalized spacial score (nSPS) is 11.4. The van der Waals surface area contributed by atoms with Gasteiger partial charge in [-0.15, -0.1) is 0 Å². The number of ketones is 1. The van der Waals surface area contributed by atoms with Gasteiger partial charge in [0, 0.05) is 11.1 Å². The van der Waals surface area contributed by atoms with Crippen molar-refractivity contribution >= 4 is 13.4 Å². The van der Waals surface area contributed by atoms with E-state index in [1.807, 2.05) is 103 Å². The monoisotopic (exact) mass is 361 g/mol. The summed E-state index contributed by atoms with van der Waals surface area (Å²) in [5.41, 5.74) is 1.47. The van der Waals surface area contributed by atoms with Crippen molar-refractivity contribution in [1.29, 1.82) is 0 Å². The van der Waals surface area contributed by atoms with Crippen molar-refractivity contribution in [3.63, 3.8) is 0 Å². The number of carbonyl (C=O) groups is 1. The summed E-state index contributed by atoms with van der Waals surface area (Å²) in [6.45, 7) is 0. The smallest absolute Gasteiger partial charge is 0.285 e. The van der Waals surface area contributed by atoms with Crippen molar-refractivity contribution < 1.29 is 9.36 Å². The highest BCUT2D eigenvalue weighted by atomic mass is 31.2. The van der Waals surface area contributed by atoms with Crippen molar-refractivity contribution in [2.45, 2.75) is 0 Å². The lowest BCUT2D eigenvalue weighted by Crippen LogP contribution is -2.30. The predicted molar refractivity (Wildman–Crippen MR) is 105 cm³/mol. The van der Waals surface area contributed by atoms with Gasteiger partial charge in [0.2, 0.25) is 0 Å². The van der Waals surface area contributed by atoms with E-state index in [1.165, 1.54) is 0 Å². The second-order valence-electron chi connectivity index (χ2n) is 6.12. The molecule has 0 bridgehead atoms. The van der Waals surface area contributed by atoms with Gasteiger partial charge in [-0.2, -0.15) is 0 Å². The fraction of sp³-hybridized carbons (Fsp3) is 0.316. The van der Waals surface area contributed by atoms with Crippen LogP contribution in [0, 0.1) is 0 Å². The Bertz CT molecular complexity index is 631. The zero-order valence-corrected chi connectivity index (χ0v) is 16.8. The molecule has 0 saturated heterocycles. The third-order valence-corrected chi connectivity index (χ3v) is 6.76. The molecule has 0 amide bonds. The van der Waals surface area contributed by atoms with E-state index in [2.05, 4.69) is 0 Å². The average molecular weight is 361 g/mol. The third kappa shape index (κ3) is 5.62. The van der Waals surface area contributed by atoms with Crippen LogP contribution in [0.3, 0.4) is 0 Å². The number of carbonyl (C=O) groups excluding carboxylic acids is 1. The molecule has 0 atom stereocenters. The van der Waals surface area contributed by atoms with Gasteiger partial charge >= 0.3 is 0 Å². The number of hydrogen-bond donors (Lipinski definition) is 0. The zero-order valence-electron chi connectivity index (χ0n) is 15.9. The molecule has 2 aromatic carbocycles. The van der Waals surface area contributed by atoms with E-state index in [-0.39, 0.29) is 5.78 Å². The Morgan fingerprint density at radius 1 is 0.640 bits per heavy atom. The lowest BCUT2D eigenvalue weighted by Gasteiger charge is -2.34. The Morgan fingerprint density at radius 3 is 1.12 bits per heavy atom. The molecule has 0 heterocycles. The van der Waals surface area contributed by atoms with E-state index in [9.17, 15) is 9.36 Å². The van der Waals surface area contributed by atoms with Gasteiger partial charge in [-0.1, -0.05) is 60.7 Å². The lowest BCUT2D eigenvalue weighted by molar-refractivity contribution is 0.103. The first kappa shape index (κ1) is 21.3. The van der Waals surface area contributed by atoms with Gasteiger partial charge < -0.3 is 0 Å². The van der Waals surface area contributed by atoms with Crippen LogP contribution in [-0.4, -0.2) is 62.1 Å². The molecule has 0 radical (unpaired) electrons. The topological polar surface area (TPSA) is 43.9 Å². The van der Waals surface area contributed by atoms with Crippen LogP contribution in [0.5, 0.6) is 0 Å². The zero-order chi connectivity index (χ0) is 19.0. The SMILES string of the molecule is CN(C)P(=O)(N(C)C)N(C)C.O=C(c1ccccc1)c1ccccc1. The van der Waals surface area contributed by atoms with Crippen molar-refractivity contribution in [3.8, 4) is 0 Å². The maximum absolute atomic E-state index is 12.1. The van der Waals surface area contributed by atoms with E-state index in [0.717, 1.165) is 11.1 Å². The fourth-order valence-corrected chi connectivity index (χ4v) is 4.57. The van der Waals surface area contributed by atoms with Gasteiger partial charge in [-0.25, -0.2) is 14.0 Å².